The summed E-state index contributed by atoms with van der Waals surface area (Å²) in [5, 5.41) is 36.3. The highest BCUT2D eigenvalue weighted by molar-refractivity contribution is 5.07. The van der Waals surface area contributed by atoms with Gasteiger partial charge >= 0.3 is 0 Å². The Hall–Kier alpha value is -0.710. The van der Waals surface area contributed by atoms with Gasteiger partial charge in [-0.3, -0.25) is 0 Å². The molecule has 74 valence electrons. The Morgan fingerprint density at radius 1 is 1.69 bits per heavy atom. The lowest BCUT2D eigenvalue weighted by Crippen LogP contribution is -2.49. The third-order valence-corrected chi connectivity index (χ3v) is 2.09. The average Bonchev–Trinajstić information content (AvgIpc) is 2.41. The summed E-state index contributed by atoms with van der Waals surface area (Å²) < 4.78 is 9.44. The molecule has 0 unspecified atom stereocenters. The molecule has 1 aliphatic rings. The molecule has 13 heavy (non-hydrogen) atoms. The van der Waals surface area contributed by atoms with Gasteiger partial charge in [-0.05, 0) is 0 Å². The van der Waals surface area contributed by atoms with E-state index in [1.54, 1.807) is 6.07 Å². The molecule has 0 aromatic carbocycles. The molecule has 0 aromatic heterocycles. The first-order valence-corrected chi connectivity index (χ1v) is 3.71. The Kier molecular flexibility index (Phi) is 2.85. The first-order valence-electron chi connectivity index (χ1n) is 3.71. The SMILES string of the molecule is CO[C@@]1(O)[C@H](C#N)O[C@H](CO)[C@@H]1O. The Morgan fingerprint density at radius 3 is 2.62 bits per heavy atom. The van der Waals surface area contributed by atoms with Gasteiger partial charge in [-0.15, -0.1) is 0 Å². The van der Waals surface area contributed by atoms with Gasteiger partial charge in [-0.2, -0.15) is 5.26 Å². The highest BCUT2D eigenvalue weighted by Gasteiger charge is 2.56. The van der Waals surface area contributed by atoms with Gasteiger partial charge in [0.25, 0.3) is 0 Å². The molecule has 0 aromatic rings. The second kappa shape index (κ2) is 3.57. The molecule has 1 rings (SSSR count). The van der Waals surface area contributed by atoms with E-state index in [0.717, 1.165) is 7.11 Å². The molecular formula is C7H11NO5. The summed E-state index contributed by atoms with van der Waals surface area (Å²) in [6.45, 7) is -0.481. The van der Waals surface area contributed by atoms with Crippen LogP contribution in [-0.2, 0) is 9.47 Å². The molecule has 6 nitrogen and oxygen atoms in total. The average molecular weight is 189 g/mol. The largest absolute Gasteiger partial charge is 0.394 e. The van der Waals surface area contributed by atoms with Crippen molar-refractivity contribution in [1.82, 2.24) is 0 Å². The molecule has 0 aliphatic carbocycles. The lowest BCUT2D eigenvalue weighted by Gasteiger charge is -2.25. The van der Waals surface area contributed by atoms with Gasteiger partial charge in [0, 0.05) is 7.11 Å². The van der Waals surface area contributed by atoms with Gasteiger partial charge in [-0.1, -0.05) is 0 Å². The van der Waals surface area contributed by atoms with Crippen LogP contribution in [0.5, 0.6) is 0 Å². The lowest BCUT2D eigenvalue weighted by atomic mass is 10.0. The lowest BCUT2D eigenvalue weighted by molar-refractivity contribution is -0.237. The van der Waals surface area contributed by atoms with E-state index in [1.807, 2.05) is 0 Å². The standard InChI is InChI=1S/C7H11NO5/c1-12-7(11)5(2-8)13-4(3-9)6(7)10/h4-6,9-11H,3H2,1H3/t4-,5+,6+,7+/m1/s1. The fourth-order valence-corrected chi connectivity index (χ4v) is 1.26. The number of aliphatic hydroxyl groups excluding tert-OH is 2. The maximum absolute atomic E-state index is 9.60. The number of nitriles is 1. The molecule has 0 saturated carbocycles. The van der Waals surface area contributed by atoms with Gasteiger partial charge in [0.1, 0.15) is 18.3 Å². The van der Waals surface area contributed by atoms with Crippen molar-refractivity contribution in [2.24, 2.45) is 0 Å². The van der Waals surface area contributed by atoms with Crippen molar-refractivity contribution < 1.29 is 24.8 Å². The summed E-state index contributed by atoms with van der Waals surface area (Å²) in [6.07, 6.45) is -3.70. The first-order chi connectivity index (χ1) is 6.10. The normalized spacial score (nSPS) is 44.7. The van der Waals surface area contributed by atoms with Crippen LogP contribution in [0.2, 0.25) is 0 Å². The Balaban J connectivity index is 2.88. The summed E-state index contributed by atoms with van der Waals surface area (Å²) in [5.74, 6) is -2.05. The quantitative estimate of drug-likeness (QED) is 0.433. The van der Waals surface area contributed by atoms with Gasteiger partial charge < -0.3 is 24.8 Å². The number of aliphatic hydroxyl groups is 3. The van der Waals surface area contributed by atoms with Crippen LogP contribution in [0, 0.1) is 11.3 Å². The Bertz CT molecular complexity index is 227. The number of ether oxygens (including phenoxy) is 2. The summed E-state index contributed by atoms with van der Waals surface area (Å²) in [5.41, 5.74) is 0. The van der Waals surface area contributed by atoms with E-state index in [4.69, 9.17) is 15.1 Å². The van der Waals surface area contributed by atoms with Gasteiger partial charge in [0.2, 0.25) is 11.9 Å². The molecule has 1 saturated heterocycles. The van der Waals surface area contributed by atoms with Gasteiger partial charge in [-0.25, -0.2) is 0 Å². The van der Waals surface area contributed by atoms with Crippen molar-refractivity contribution in [3.8, 4) is 6.07 Å². The number of hydrogen-bond donors (Lipinski definition) is 3. The number of hydrogen-bond acceptors (Lipinski definition) is 6. The molecule has 1 fully saturated rings. The monoisotopic (exact) mass is 189 g/mol. The predicted octanol–water partition coefficient (Wildman–Crippen LogP) is -2.03. The van der Waals surface area contributed by atoms with E-state index in [2.05, 4.69) is 4.74 Å². The third-order valence-electron chi connectivity index (χ3n) is 2.09. The molecule has 0 spiro atoms. The summed E-state index contributed by atoms with van der Waals surface area (Å²) in [4.78, 5) is 0. The number of nitrogens with zero attached hydrogens (tertiary/aromatic N) is 1. The molecule has 0 bridgehead atoms. The minimum atomic E-state index is -2.05. The molecule has 1 heterocycles. The first kappa shape index (κ1) is 10.4. The van der Waals surface area contributed by atoms with Crippen LogP contribution in [0.1, 0.15) is 0 Å². The zero-order chi connectivity index (χ0) is 10.1. The predicted molar refractivity (Wildman–Crippen MR) is 39.3 cm³/mol. The molecule has 6 heteroatoms. The molecule has 1 aliphatic heterocycles. The maximum Gasteiger partial charge on any atom is 0.235 e. The minimum Gasteiger partial charge on any atom is -0.394 e. The van der Waals surface area contributed by atoms with Crippen molar-refractivity contribution in [1.29, 1.82) is 5.26 Å². The summed E-state index contributed by atoms with van der Waals surface area (Å²) >= 11 is 0. The van der Waals surface area contributed by atoms with E-state index in [1.165, 1.54) is 0 Å². The minimum absolute atomic E-state index is 0.481. The van der Waals surface area contributed by atoms with Crippen molar-refractivity contribution in [2.75, 3.05) is 13.7 Å². The molecule has 4 atom stereocenters. The molecular weight excluding hydrogens is 178 g/mol. The van der Waals surface area contributed by atoms with Crippen LogP contribution in [0.15, 0.2) is 0 Å². The fraction of sp³-hybridized carbons (Fsp3) is 0.857. The van der Waals surface area contributed by atoms with E-state index in [9.17, 15) is 10.2 Å². The topological polar surface area (TPSA) is 103 Å². The van der Waals surface area contributed by atoms with Gasteiger partial charge in [0.05, 0.1) is 6.61 Å². The van der Waals surface area contributed by atoms with E-state index in [0.29, 0.717) is 0 Å². The van der Waals surface area contributed by atoms with Gasteiger partial charge in [0.15, 0.2) is 0 Å². The van der Waals surface area contributed by atoms with E-state index in [-0.39, 0.29) is 0 Å². The van der Waals surface area contributed by atoms with E-state index >= 15 is 0 Å². The van der Waals surface area contributed by atoms with Crippen molar-refractivity contribution in [3.63, 3.8) is 0 Å². The van der Waals surface area contributed by atoms with Crippen LogP contribution in [0.3, 0.4) is 0 Å². The maximum atomic E-state index is 9.60. The summed E-state index contributed by atoms with van der Waals surface area (Å²) in [7, 11) is 1.15. The second-order valence-corrected chi connectivity index (χ2v) is 2.77. The number of methoxy groups -OCH3 is 1. The third kappa shape index (κ3) is 1.41. The molecule has 3 N–H and O–H groups in total. The zero-order valence-corrected chi connectivity index (χ0v) is 7.04. The van der Waals surface area contributed by atoms with E-state index < -0.39 is 30.7 Å². The van der Waals surface area contributed by atoms with Crippen molar-refractivity contribution >= 4 is 0 Å². The molecule has 0 radical (unpaired) electrons. The van der Waals surface area contributed by atoms with Crippen LogP contribution in [-0.4, -0.2) is 53.1 Å². The Morgan fingerprint density at radius 2 is 2.31 bits per heavy atom. The highest BCUT2D eigenvalue weighted by atomic mass is 16.7. The smallest absolute Gasteiger partial charge is 0.235 e. The van der Waals surface area contributed by atoms with Crippen molar-refractivity contribution in [2.45, 2.75) is 24.1 Å². The number of rotatable bonds is 2. The summed E-state index contributed by atoms with van der Waals surface area (Å²) in [6, 6.07) is 1.63. The van der Waals surface area contributed by atoms with Crippen molar-refractivity contribution in [3.05, 3.63) is 0 Å². The van der Waals surface area contributed by atoms with Crippen LogP contribution in [0.4, 0.5) is 0 Å². The van der Waals surface area contributed by atoms with Crippen LogP contribution < -0.4 is 0 Å². The fourth-order valence-electron chi connectivity index (χ4n) is 1.26. The highest BCUT2D eigenvalue weighted by Crippen LogP contribution is 2.31. The molecule has 0 amide bonds. The zero-order valence-electron chi connectivity index (χ0n) is 7.04. The van der Waals surface area contributed by atoms with Crippen LogP contribution in [0.25, 0.3) is 0 Å². The van der Waals surface area contributed by atoms with Crippen LogP contribution >= 0.6 is 0 Å². The second-order valence-electron chi connectivity index (χ2n) is 2.77. The Labute approximate surface area is 74.9 Å².